The molecule has 0 aliphatic heterocycles. The van der Waals surface area contributed by atoms with E-state index >= 15 is 0 Å². The maximum Gasteiger partial charge on any atom is 0.311 e. The highest BCUT2D eigenvalue weighted by atomic mass is 32.1. The molecule has 20 heavy (non-hydrogen) atoms. The number of thiazole rings is 1. The van der Waals surface area contributed by atoms with Crippen LogP contribution in [0.25, 0.3) is 0 Å². The zero-order valence-corrected chi connectivity index (χ0v) is 12.4. The van der Waals surface area contributed by atoms with Gasteiger partial charge in [-0.15, -0.1) is 11.3 Å². The second-order valence-electron chi connectivity index (χ2n) is 4.43. The fourth-order valence-electron chi connectivity index (χ4n) is 1.78. The van der Waals surface area contributed by atoms with Crippen molar-refractivity contribution in [2.24, 2.45) is 0 Å². The summed E-state index contributed by atoms with van der Waals surface area (Å²) in [5.41, 5.74) is 0.741. The number of carbonyl (C=O) groups is 1. The molecule has 0 saturated heterocycles. The molecule has 0 aromatic carbocycles. The van der Waals surface area contributed by atoms with Gasteiger partial charge >= 0.3 is 5.97 Å². The first-order valence-electron chi connectivity index (χ1n) is 6.49. The van der Waals surface area contributed by atoms with Crippen molar-refractivity contribution < 1.29 is 9.53 Å². The number of hydrogen-bond donors (Lipinski definition) is 1. The van der Waals surface area contributed by atoms with Gasteiger partial charge < -0.3 is 14.6 Å². The molecule has 0 spiro atoms. The molecule has 1 unspecified atom stereocenters. The predicted molar refractivity (Wildman–Crippen MR) is 77.8 cm³/mol. The number of anilines is 1. The second kappa shape index (κ2) is 7.04. The van der Waals surface area contributed by atoms with Gasteiger partial charge in [0, 0.05) is 30.4 Å². The van der Waals surface area contributed by atoms with Crippen LogP contribution in [-0.2, 0) is 22.5 Å². The van der Waals surface area contributed by atoms with Crippen LogP contribution < -0.4 is 5.32 Å². The third-order valence-electron chi connectivity index (χ3n) is 2.60. The second-order valence-corrected chi connectivity index (χ2v) is 5.29. The Labute approximate surface area is 121 Å². The molecule has 6 nitrogen and oxygen atoms in total. The average molecular weight is 294 g/mol. The number of esters is 1. The Bertz CT molecular complexity index is 538. The van der Waals surface area contributed by atoms with E-state index < -0.39 is 0 Å². The molecule has 0 fully saturated rings. The third-order valence-corrected chi connectivity index (χ3v) is 3.42. The first kappa shape index (κ1) is 14.5. The highest BCUT2D eigenvalue weighted by Gasteiger charge is 2.10. The van der Waals surface area contributed by atoms with Crippen molar-refractivity contribution in [1.82, 2.24) is 14.5 Å². The number of imidazole rings is 1. The molecule has 2 heterocycles. The topological polar surface area (TPSA) is 69.0 Å². The minimum Gasteiger partial charge on any atom is -0.466 e. The summed E-state index contributed by atoms with van der Waals surface area (Å²) in [5, 5.41) is 6.01. The van der Waals surface area contributed by atoms with Gasteiger partial charge in [0.15, 0.2) is 5.13 Å². The van der Waals surface area contributed by atoms with Gasteiger partial charge in [0.2, 0.25) is 0 Å². The largest absolute Gasteiger partial charge is 0.466 e. The van der Waals surface area contributed by atoms with Gasteiger partial charge in [-0.2, -0.15) is 0 Å². The molecule has 0 aliphatic rings. The summed E-state index contributed by atoms with van der Waals surface area (Å²) in [5.74, 6) is -0.240. The maximum absolute atomic E-state index is 11.4. The summed E-state index contributed by atoms with van der Waals surface area (Å²) in [4.78, 5) is 19.8. The molecule has 0 amide bonds. The van der Waals surface area contributed by atoms with E-state index in [1.807, 2.05) is 16.1 Å². The van der Waals surface area contributed by atoms with Crippen LogP contribution in [-0.4, -0.2) is 33.2 Å². The van der Waals surface area contributed by atoms with Crippen molar-refractivity contribution in [1.29, 1.82) is 0 Å². The molecular formula is C13H18N4O2S. The Kier molecular flexibility index (Phi) is 5.11. The van der Waals surface area contributed by atoms with Gasteiger partial charge in [-0.05, 0) is 13.8 Å². The van der Waals surface area contributed by atoms with Crippen LogP contribution in [0.4, 0.5) is 5.13 Å². The molecule has 2 aromatic heterocycles. The molecule has 108 valence electrons. The summed E-state index contributed by atoms with van der Waals surface area (Å²) < 4.78 is 6.91. The Morgan fingerprint density at radius 1 is 1.60 bits per heavy atom. The molecule has 0 radical (unpaired) electrons. The fraction of sp³-hybridized carbons (Fsp3) is 0.462. The lowest BCUT2D eigenvalue weighted by molar-refractivity contribution is -0.142. The van der Waals surface area contributed by atoms with E-state index in [0.717, 1.165) is 17.4 Å². The summed E-state index contributed by atoms with van der Waals surface area (Å²) in [6.45, 7) is 5.08. The van der Waals surface area contributed by atoms with Crippen LogP contribution >= 0.6 is 11.3 Å². The van der Waals surface area contributed by atoms with Crippen LogP contribution in [0.15, 0.2) is 24.1 Å². The van der Waals surface area contributed by atoms with E-state index in [-0.39, 0.29) is 18.4 Å². The van der Waals surface area contributed by atoms with Gasteiger partial charge in [0.05, 0.1) is 25.0 Å². The van der Waals surface area contributed by atoms with E-state index in [1.54, 1.807) is 19.4 Å². The standard InChI is InChI=1S/C13H18N4O2S/c1-3-19-12(18)6-11-8-20-13(16-11)15-10(2)7-17-5-4-14-9-17/h4-5,8-10H,3,6-7H2,1-2H3,(H,15,16). The maximum atomic E-state index is 11.4. The average Bonchev–Trinajstić information content (AvgIpc) is 3.02. The Morgan fingerprint density at radius 3 is 3.15 bits per heavy atom. The van der Waals surface area contributed by atoms with E-state index in [9.17, 15) is 4.79 Å². The summed E-state index contributed by atoms with van der Waals surface area (Å²) in [7, 11) is 0. The number of nitrogens with zero attached hydrogens (tertiary/aromatic N) is 3. The SMILES string of the molecule is CCOC(=O)Cc1csc(NC(C)Cn2ccnc2)n1. The van der Waals surface area contributed by atoms with Crippen LogP contribution in [0.1, 0.15) is 19.5 Å². The zero-order valence-electron chi connectivity index (χ0n) is 11.6. The lowest BCUT2D eigenvalue weighted by Gasteiger charge is -2.13. The van der Waals surface area contributed by atoms with Gasteiger partial charge in [-0.3, -0.25) is 4.79 Å². The number of rotatable bonds is 7. The smallest absolute Gasteiger partial charge is 0.311 e. The van der Waals surface area contributed by atoms with Crippen molar-refractivity contribution in [3.8, 4) is 0 Å². The highest BCUT2D eigenvalue weighted by molar-refractivity contribution is 7.13. The first-order valence-corrected chi connectivity index (χ1v) is 7.37. The van der Waals surface area contributed by atoms with Gasteiger partial charge in [0.25, 0.3) is 0 Å². The number of hydrogen-bond acceptors (Lipinski definition) is 6. The quantitative estimate of drug-likeness (QED) is 0.790. The van der Waals surface area contributed by atoms with Gasteiger partial charge in [-0.25, -0.2) is 9.97 Å². The van der Waals surface area contributed by atoms with Gasteiger partial charge in [-0.1, -0.05) is 0 Å². The van der Waals surface area contributed by atoms with Crippen molar-refractivity contribution >= 4 is 22.4 Å². The van der Waals surface area contributed by atoms with E-state index in [2.05, 4.69) is 22.2 Å². The number of ether oxygens (including phenoxy) is 1. The molecule has 0 saturated carbocycles. The lowest BCUT2D eigenvalue weighted by atomic mass is 10.3. The molecule has 0 bridgehead atoms. The minimum atomic E-state index is -0.240. The minimum absolute atomic E-state index is 0.224. The van der Waals surface area contributed by atoms with Crippen LogP contribution in [0.3, 0.4) is 0 Å². The Hall–Kier alpha value is -1.89. The first-order chi connectivity index (χ1) is 9.67. The van der Waals surface area contributed by atoms with E-state index in [1.165, 1.54) is 11.3 Å². The summed E-state index contributed by atoms with van der Waals surface area (Å²) >= 11 is 1.50. The third kappa shape index (κ3) is 4.34. The molecule has 0 aliphatic carbocycles. The Balaban J connectivity index is 1.84. The summed E-state index contributed by atoms with van der Waals surface area (Å²) in [6.07, 6.45) is 5.69. The van der Waals surface area contributed by atoms with Crippen molar-refractivity contribution in [3.05, 3.63) is 29.8 Å². The molecule has 7 heteroatoms. The summed E-state index contributed by atoms with van der Waals surface area (Å²) in [6, 6.07) is 0.228. The fourth-order valence-corrected chi connectivity index (χ4v) is 2.60. The van der Waals surface area contributed by atoms with Crippen LogP contribution in [0.2, 0.25) is 0 Å². The van der Waals surface area contributed by atoms with Crippen molar-refractivity contribution in [3.63, 3.8) is 0 Å². The van der Waals surface area contributed by atoms with E-state index in [4.69, 9.17) is 4.74 Å². The number of nitrogens with one attached hydrogen (secondary N) is 1. The molecular weight excluding hydrogens is 276 g/mol. The predicted octanol–water partition coefficient (Wildman–Crippen LogP) is 1.95. The Morgan fingerprint density at radius 2 is 2.45 bits per heavy atom. The normalized spacial score (nSPS) is 12.1. The zero-order chi connectivity index (χ0) is 14.4. The van der Waals surface area contributed by atoms with Crippen LogP contribution in [0.5, 0.6) is 0 Å². The van der Waals surface area contributed by atoms with Crippen LogP contribution in [0, 0.1) is 0 Å². The van der Waals surface area contributed by atoms with Gasteiger partial charge in [0.1, 0.15) is 0 Å². The molecule has 1 atom stereocenters. The van der Waals surface area contributed by atoms with Crippen molar-refractivity contribution in [2.45, 2.75) is 32.9 Å². The number of carbonyl (C=O) groups excluding carboxylic acids is 1. The molecule has 2 rings (SSSR count). The highest BCUT2D eigenvalue weighted by Crippen LogP contribution is 2.17. The monoisotopic (exact) mass is 294 g/mol. The van der Waals surface area contributed by atoms with E-state index in [0.29, 0.717) is 6.61 Å². The number of aromatic nitrogens is 3. The lowest BCUT2D eigenvalue weighted by Crippen LogP contribution is -2.21. The molecule has 1 N–H and O–H groups in total. The van der Waals surface area contributed by atoms with Crippen molar-refractivity contribution in [2.75, 3.05) is 11.9 Å². The molecule has 2 aromatic rings.